The number of carboxylic acids is 1. The molecule has 0 aliphatic carbocycles. The van der Waals surface area contributed by atoms with Crippen molar-refractivity contribution in [2.24, 2.45) is 0 Å². The lowest BCUT2D eigenvalue weighted by Crippen LogP contribution is -2.08. The summed E-state index contributed by atoms with van der Waals surface area (Å²) >= 11 is 0. The second kappa shape index (κ2) is 4.57. The summed E-state index contributed by atoms with van der Waals surface area (Å²) in [5.74, 6) is -1.02. The summed E-state index contributed by atoms with van der Waals surface area (Å²) in [7, 11) is -4.47. The van der Waals surface area contributed by atoms with E-state index in [4.69, 9.17) is 14.9 Å². The molecule has 0 bridgehead atoms. The quantitative estimate of drug-likeness (QED) is 0.550. The summed E-state index contributed by atoms with van der Waals surface area (Å²) < 4.78 is 14.4. The van der Waals surface area contributed by atoms with Crippen LogP contribution in [0.2, 0.25) is 0 Å². The van der Waals surface area contributed by atoms with Crippen LogP contribution in [0.15, 0.2) is 0 Å². The maximum atomic E-state index is 10.2. The van der Waals surface area contributed by atoms with Gasteiger partial charge in [0.05, 0.1) is 6.10 Å². The van der Waals surface area contributed by atoms with Crippen LogP contribution in [0, 0.1) is 0 Å². The van der Waals surface area contributed by atoms with E-state index in [1.807, 2.05) is 0 Å². The van der Waals surface area contributed by atoms with Crippen LogP contribution in [0.25, 0.3) is 0 Å². The maximum absolute atomic E-state index is 10.2. The van der Waals surface area contributed by atoms with Gasteiger partial charge >= 0.3 is 13.8 Å². The average molecular weight is 198 g/mol. The van der Waals surface area contributed by atoms with Crippen LogP contribution in [0.1, 0.15) is 19.8 Å². The molecule has 0 heterocycles. The molecule has 0 aliphatic rings. The molecule has 0 aromatic heterocycles. The van der Waals surface area contributed by atoms with Crippen LogP contribution in [-0.4, -0.2) is 27.0 Å². The van der Waals surface area contributed by atoms with Crippen LogP contribution in [-0.2, 0) is 13.9 Å². The predicted octanol–water partition coefficient (Wildman–Crippen LogP) is 0.349. The van der Waals surface area contributed by atoms with E-state index >= 15 is 0 Å². The average Bonchev–Trinajstić information content (AvgIpc) is 1.79. The van der Waals surface area contributed by atoms with Crippen molar-refractivity contribution in [3.05, 3.63) is 0 Å². The van der Waals surface area contributed by atoms with Crippen molar-refractivity contribution in [2.45, 2.75) is 25.9 Å². The van der Waals surface area contributed by atoms with Crippen LogP contribution < -0.4 is 0 Å². The molecule has 0 aromatic carbocycles. The normalized spacial score (nSPS) is 14.2. The highest BCUT2D eigenvalue weighted by Crippen LogP contribution is 2.38. The standard InChI is InChI=1S/C5H11O6P/c1-4(2-3-5(6)7)11-12(8,9)10/h4H,2-3H2,1H3,(H,6,7)(H2,8,9,10). The number of aliphatic carboxylic acids is 1. The molecule has 0 spiro atoms. The molecule has 0 aromatic rings. The smallest absolute Gasteiger partial charge is 0.469 e. The number of phosphoric acid groups is 1. The van der Waals surface area contributed by atoms with Crippen molar-refractivity contribution in [1.82, 2.24) is 0 Å². The van der Waals surface area contributed by atoms with E-state index < -0.39 is 19.9 Å². The fourth-order valence-electron chi connectivity index (χ4n) is 0.614. The zero-order chi connectivity index (χ0) is 9.78. The lowest BCUT2D eigenvalue weighted by atomic mass is 10.2. The minimum absolute atomic E-state index is 0.0838. The van der Waals surface area contributed by atoms with Crippen molar-refractivity contribution in [3.63, 3.8) is 0 Å². The number of phosphoric ester groups is 1. The van der Waals surface area contributed by atoms with E-state index in [1.54, 1.807) is 0 Å². The van der Waals surface area contributed by atoms with E-state index in [0.29, 0.717) is 0 Å². The molecule has 6 nitrogen and oxygen atoms in total. The highest BCUT2D eigenvalue weighted by atomic mass is 31.2. The number of carbonyl (C=O) groups is 1. The topological polar surface area (TPSA) is 104 Å². The largest absolute Gasteiger partial charge is 0.481 e. The SMILES string of the molecule is CC(CCC(=O)O)OP(=O)(O)O. The molecule has 1 atom stereocenters. The Hall–Kier alpha value is -0.420. The Labute approximate surface area is 69.4 Å². The van der Waals surface area contributed by atoms with Gasteiger partial charge in [-0.05, 0) is 13.3 Å². The van der Waals surface area contributed by atoms with E-state index in [9.17, 15) is 9.36 Å². The summed E-state index contributed by atoms with van der Waals surface area (Å²) in [4.78, 5) is 26.6. The number of hydrogen-bond acceptors (Lipinski definition) is 3. The molecule has 72 valence electrons. The van der Waals surface area contributed by atoms with Gasteiger partial charge in [-0.3, -0.25) is 9.32 Å². The third-order valence-electron chi connectivity index (χ3n) is 1.08. The van der Waals surface area contributed by atoms with Crippen molar-refractivity contribution >= 4 is 13.8 Å². The van der Waals surface area contributed by atoms with Gasteiger partial charge in [-0.1, -0.05) is 0 Å². The lowest BCUT2D eigenvalue weighted by molar-refractivity contribution is -0.137. The predicted molar refractivity (Wildman–Crippen MR) is 39.5 cm³/mol. The van der Waals surface area contributed by atoms with Crippen LogP contribution in [0.4, 0.5) is 0 Å². The first kappa shape index (κ1) is 11.6. The Morgan fingerprint density at radius 1 is 1.58 bits per heavy atom. The molecule has 7 heteroatoms. The zero-order valence-corrected chi connectivity index (χ0v) is 7.40. The second-order valence-corrected chi connectivity index (χ2v) is 3.53. The van der Waals surface area contributed by atoms with Gasteiger partial charge in [0.2, 0.25) is 0 Å². The first-order chi connectivity index (χ1) is 5.31. The molecule has 0 aliphatic heterocycles. The molecule has 3 N–H and O–H groups in total. The van der Waals surface area contributed by atoms with Gasteiger partial charge in [-0.15, -0.1) is 0 Å². The molecule has 0 saturated heterocycles. The molecule has 0 saturated carbocycles. The zero-order valence-electron chi connectivity index (χ0n) is 6.51. The molecule has 0 rings (SSSR count). The highest BCUT2D eigenvalue weighted by molar-refractivity contribution is 7.46. The van der Waals surface area contributed by atoms with E-state index in [1.165, 1.54) is 6.92 Å². The number of carboxylic acid groups (broad SMARTS) is 1. The number of hydrogen-bond donors (Lipinski definition) is 3. The molecular formula is C5H11O6P. The van der Waals surface area contributed by atoms with Gasteiger partial charge in [-0.2, -0.15) is 0 Å². The fraction of sp³-hybridized carbons (Fsp3) is 0.800. The van der Waals surface area contributed by atoms with Crippen molar-refractivity contribution in [1.29, 1.82) is 0 Å². The lowest BCUT2D eigenvalue weighted by Gasteiger charge is -2.11. The summed E-state index contributed by atoms with van der Waals surface area (Å²) in [5, 5.41) is 8.21. The second-order valence-electron chi connectivity index (χ2n) is 2.34. The third-order valence-corrected chi connectivity index (χ3v) is 1.72. The third kappa shape index (κ3) is 7.68. The maximum Gasteiger partial charge on any atom is 0.469 e. The van der Waals surface area contributed by atoms with Gasteiger partial charge in [-0.25, -0.2) is 4.57 Å². The Kier molecular flexibility index (Phi) is 4.41. The van der Waals surface area contributed by atoms with E-state index in [2.05, 4.69) is 4.52 Å². The summed E-state index contributed by atoms with van der Waals surface area (Å²) in [6, 6.07) is 0. The molecule has 1 unspecified atom stereocenters. The Morgan fingerprint density at radius 2 is 2.08 bits per heavy atom. The summed E-state index contributed by atoms with van der Waals surface area (Å²) in [6.07, 6.45) is -0.830. The van der Waals surface area contributed by atoms with Crippen LogP contribution in [0.3, 0.4) is 0 Å². The first-order valence-corrected chi connectivity index (χ1v) is 4.80. The van der Waals surface area contributed by atoms with Crippen molar-refractivity contribution in [3.8, 4) is 0 Å². The summed E-state index contributed by atoms with van der Waals surface area (Å²) in [6.45, 7) is 1.40. The molecule has 0 amide bonds. The Morgan fingerprint density at radius 3 is 2.42 bits per heavy atom. The number of rotatable bonds is 5. The van der Waals surface area contributed by atoms with Gasteiger partial charge in [0.15, 0.2) is 0 Å². The van der Waals surface area contributed by atoms with Crippen LogP contribution in [0.5, 0.6) is 0 Å². The van der Waals surface area contributed by atoms with Crippen LogP contribution >= 0.6 is 7.82 Å². The van der Waals surface area contributed by atoms with Gasteiger partial charge in [0.25, 0.3) is 0 Å². The fourth-order valence-corrected chi connectivity index (χ4v) is 1.19. The molecule has 12 heavy (non-hydrogen) atoms. The molecule has 0 radical (unpaired) electrons. The first-order valence-electron chi connectivity index (χ1n) is 3.27. The minimum Gasteiger partial charge on any atom is -0.481 e. The Bertz CT molecular complexity index is 196. The van der Waals surface area contributed by atoms with Crippen molar-refractivity contribution in [2.75, 3.05) is 0 Å². The molecule has 0 fully saturated rings. The van der Waals surface area contributed by atoms with Gasteiger partial charge < -0.3 is 14.9 Å². The van der Waals surface area contributed by atoms with Gasteiger partial charge in [0, 0.05) is 6.42 Å². The summed E-state index contributed by atoms with van der Waals surface area (Å²) in [5.41, 5.74) is 0. The minimum atomic E-state index is -4.47. The monoisotopic (exact) mass is 198 g/mol. The Balaban J connectivity index is 3.67. The van der Waals surface area contributed by atoms with E-state index in [-0.39, 0.29) is 12.8 Å². The van der Waals surface area contributed by atoms with Gasteiger partial charge in [0.1, 0.15) is 0 Å². The van der Waals surface area contributed by atoms with E-state index in [0.717, 1.165) is 0 Å². The van der Waals surface area contributed by atoms with Crippen molar-refractivity contribution < 1.29 is 28.8 Å². The highest BCUT2D eigenvalue weighted by Gasteiger charge is 2.18. The molecular weight excluding hydrogens is 187 g/mol.